The number of thiophene rings is 1. The summed E-state index contributed by atoms with van der Waals surface area (Å²) in [5.74, 6) is -0.0483. The van der Waals surface area contributed by atoms with E-state index in [1.807, 2.05) is 12.3 Å². The van der Waals surface area contributed by atoms with Crippen LogP contribution in [0.1, 0.15) is 22.3 Å². The number of hydrogen-bond donors (Lipinski definition) is 0. The molecule has 2 aromatic rings. The number of nitrogens with zero attached hydrogens (tertiary/aromatic N) is 2. The van der Waals surface area contributed by atoms with Gasteiger partial charge in [0.1, 0.15) is 5.69 Å². The molecule has 0 amide bonds. The van der Waals surface area contributed by atoms with Crippen LogP contribution in [0.25, 0.3) is 6.08 Å². The minimum absolute atomic E-state index is 0.0483. The number of aryl methyl sites for hydroxylation is 1. The predicted molar refractivity (Wildman–Crippen MR) is 78.3 cm³/mol. The van der Waals surface area contributed by atoms with Crippen molar-refractivity contribution in [3.63, 3.8) is 0 Å². The number of ketones is 1. The molecule has 0 atom stereocenters. The van der Waals surface area contributed by atoms with Crippen molar-refractivity contribution in [3.05, 3.63) is 43.8 Å². The summed E-state index contributed by atoms with van der Waals surface area (Å²) in [4.78, 5) is 12.5. The van der Waals surface area contributed by atoms with E-state index in [0.717, 1.165) is 11.0 Å². The molecule has 0 fully saturated rings. The average Bonchev–Trinajstić information content (AvgIpc) is 2.92. The topological polar surface area (TPSA) is 34.9 Å². The Morgan fingerprint density at radius 2 is 2.44 bits per heavy atom. The molecule has 0 aromatic carbocycles. The lowest BCUT2D eigenvalue weighted by molar-refractivity contribution is 0.105. The van der Waals surface area contributed by atoms with Crippen LogP contribution < -0.4 is 0 Å². The van der Waals surface area contributed by atoms with Crippen molar-refractivity contribution in [1.29, 1.82) is 0 Å². The maximum atomic E-state index is 11.8. The van der Waals surface area contributed by atoms with E-state index in [9.17, 15) is 4.79 Å². The predicted octanol–water partition coefficient (Wildman–Crippen LogP) is 4.28. The SMILES string of the molecule is CCn1cc(Cl)c(/C=C/C(=O)c2cc(Br)cs2)n1. The van der Waals surface area contributed by atoms with Gasteiger partial charge in [-0.3, -0.25) is 9.48 Å². The molecule has 94 valence electrons. The van der Waals surface area contributed by atoms with Crippen LogP contribution in [0.4, 0.5) is 0 Å². The van der Waals surface area contributed by atoms with Gasteiger partial charge in [0.05, 0.1) is 9.90 Å². The van der Waals surface area contributed by atoms with Crippen molar-refractivity contribution >= 4 is 50.7 Å². The lowest BCUT2D eigenvalue weighted by Crippen LogP contribution is -1.94. The van der Waals surface area contributed by atoms with Gasteiger partial charge in [0.25, 0.3) is 0 Å². The molecular formula is C12H10BrClN2OS. The highest BCUT2D eigenvalue weighted by Crippen LogP contribution is 2.21. The van der Waals surface area contributed by atoms with Crippen molar-refractivity contribution in [3.8, 4) is 0 Å². The number of aromatic nitrogens is 2. The van der Waals surface area contributed by atoms with Crippen LogP contribution in [0.3, 0.4) is 0 Å². The third kappa shape index (κ3) is 3.10. The highest BCUT2D eigenvalue weighted by Gasteiger charge is 2.07. The van der Waals surface area contributed by atoms with Crippen LogP contribution in [0, 0.1) is 0 Å². The Morgan fingerprint density at radius 3 is 3.00 bits per heavy atom. The number of allylic oxidation sites excluding steroid dienone is 1. The van der Waals surface area contributed by atoms with Gasteiger partial charge in [-0.15, -0.1) is 11.3 Å². The van der Waals surface area contributed by atoms with Gasteiger partial charge in [-0.2, -0.15) is 5.10 Å². The molecule has 0 N–H and O–H groups in total. The van der Waals surface area contributed by atoms with Gasteiger partial charge in [-0.25, -0.2) is 0 Å². The van der Waals surface area contributed by atoms with Gasteiger partial charge in [0.2, 0.25) is 0 Å². The van der Waals surface area contributed by atoms with E-state index in [0.29, 0.717) is 15.6 Å². The van der Waals surface area contributed by atoms with E-state index in [1.54, 1.807) is 23.0 Å². The molecule has 18 heavy (non-hydrogen) atoms. The Balaban J connectivity index is 2.15. The van der Waals surface area contributed by atoms with Crippen LogP contribution in [0.2, 0.25) is 5.02 Å². The van der Waals surface area contributed by atoms with Crippen molar-refractivity contribution in [2.45, 2.75) is 13.5 Å². The molecular weight excluding hydrogens is 336 g/mol. The molecule has 0 spiro atoms. The van der Waals surface area contributed by atoms with Crippen LogP contribution in [-0.4, -0.2) is 15.6 Å². The summed E-state index contributed by atoms with van der Waals surface area (Å²) < 4.78 is 2.64. The normalized spacial score (nSPS) is 11.3. The maximum Gasteiger partial charge on any atom is 0.195 e. The van der Waals surface area contributed by atoms with Gasteiger partial charge in [-0.1, -0.05) is 11.6 Å². The monoisotopic (exact) mass is 344 g/mol. The fourth-order valence-electron chi connectivity index (χ4n) is 1.37. The highest BCUT2D eigenvalue weighted by molar-refractivity contribution is 9.10. The Labute approximate surface area is 122 Å². The Kier molecular flexibility index (Phi) is 4.37. The Bertz CT molecular complexity index is 603. The van der Waals surface area contributed by atoms with Crippen LogP contribution in [-0.2, 0) is 6.54 Å². The molecule has 0 saturated heterocycles. The van der Waals surface area contributed by atoms with Gasteiger partial charge < -0.3 is 0 Å². The lowest BCUT2D eigenvalue weighted by atomic mass is 10.2. The van der Waals surface area contributed by atoms with E-state index in [4.69, 9.17) is 11.6 Å². The second-order valence-corrected chi connectivity index (χ2v) is 5.78. The summed E-state index contributed by atoms with van der Waals surface area (Å²) in [7, 11) is 0. The van der Waals surface area contributed by atoms with Gasteiger partial charge >= 0.3 is 0 Å². The fraction of sp³-hybridized carbons (Fsp3) is 0.167. The second-order valence-electron chi connectivity index (χ2n) is 3.54. The van der Waals surface area contributed by atoms with E-state index in [1.165, 1.54) is 17.4 Å². The summed E-state index contributed by atoms with van der Waals surface area (Å²) in [5.41, 5.74) is 0.613. The Morgan fingerprint density at radius 1 is 1.67 bits per heavy atom. The first-order chi connectivity index (χ1) is 8.60. The zero-order valence-electron chi connectivity index (χ0n) is 9.56. The minimum atomic E-state index is -0.0483. The summed E-state index contributed by atoms with van der Waals surface area (Å²) >= 11 is 10.7. The van der Waals surface area contributed by atoms with Crippen molar-refractivity contribution in [2.24, 2.45) is 0 Å². The van der Waals surface area contributed by atoms with Gasteiger partial charge in [0, 0.05) is 22.6 Å². The molecule has 0 bridgehead atoms. The molecule has 0 radical (unpaired) electrons. The number of carbonyl (C=O) groups is 1. The average molecular weight is 346 g/mol. The number of carbonyl (C=O) groups excluding carboxylic acids is 1. The molecule has 0 aliphatic rings. The number of hydrogen-bond acceptors (Lipinski definition) is 3. The molecule has 0 aliphatic heterocycles. The molecule has 2 aromatic heterocycles. The zero-order chi connectivity index (χ0) is 13.1. The van der Waals surface area contributed by atoms with Crippen LogP contribution >= 0.6 is 38.9 Å². The summed E-state index contributed by atoms with van der Waals surface area (Å²) in [6, 6.07) is 1.80. The number of rotatable bonds is 4. The van der Waals surface area contributed by atoms with Crippen molar-refractivity contribution < 1.29 is 4.79 Å². The van der Waals surface area contributed by atoms with E-state index in [-0.39, 0.29) is 5.78 Å². The Hall–Kier alpha value is -0.910. The summed E-state index contributed by atoms with van der Waals surface area (Å²) in [6.45, 7) is 2.73. The standard InChI is InChI=1S/C12H10BrClN2OS/c1-2-16-6-9(14)10(15-16)3-4-11(17)12-5-8(13)7-18-12/h3-7H,2H2,1H3/b4-3+. The summed E-state index contributed by atoms with van der Waals surface area (Å²) in [5, 5.41) is 6.66. The lowest BCUT2D eigenvalue weighted by Gasteiger charge is -1.90. The van der Waals surface area contributed by atoms with Gasteiger partial charge in [0.15, 0.2) is 5.78 Å². The van der Waals surface area contributed by atoms with Crippen molar-refractivity contribution in [1.82, 2.24) is 9.78 Å². The van der Waals surface area contributed by atoms with E-state index >= 15 is 0 Å². The first-order valence-corrected chi connectivity index (χ1v) is 7.34. The van der Waals surface area contributed by atoms with Crippen LogP contribution in [0.5, 0.6) is 0 Å². The smallest absolute Gasteiger partial charge is 0.195 e. The van der Waals surface area contributed by atoms with Crippen LogP contribution in [0.15, 0.2) is 28.2 Å². The van der Waals surface area contributed by atoms with E-state index in [2.05, 4.69) is 21.0 Å². The van der Waals surface area contributed by atoms with Gasteiger partial charge in [-0.05, 0) is 41.1 Å². The molecule has 0 unspecified atom stereocenters. The van der Waals surface area contributed by atoms with E-state index < -0.39 is 0 Å². The highest BCUT2D eigenvalue weighted by atomic mass is 79.9. The molecule has 3 nitrogen and oxygen atoms in total. The maximum absolute atomic E-state index is 11.8. The molecule has 6 heteroatoms. The first kappa shape index (κ1) is 13.5. The largest absolute Gasteiger partial charge is 0.288 e. The fourth-order valence-corrected chi connectivity index (χ4v) is 2.93. The summed E-state index contributed by atoms with van der Waals surface area (Å²) in [6.07, 6.45) is 4.88. The zero-order valence-corrected chi connectivity index (χ0v) is 12.7. The number of halogens is 2. The third-order valence-electron chi connectivity index (χ3n) is 2.27. The van der Waals surface area contributed by atoms with Crippen molar-refractivity contribution in [2.75, 3.05) is 0 Å². The molecule has 0 saturated carbocycles. The minimum Gasteiger partial charge on any atom is -0.288 e. The first-order valence-electron chi connectivity index (χ1n) is 5.29. The molecule has 0 aliphatic carbocycles. The molecule has 2 rings (SSSR count). The molecule has 2 heterocycles. The quantitative estimate of drug-likeness (QED) is 0.612. The second kappa shape index (κ2) is 5.82. The third-order valence-corrected chi connectivity index (χ3v) is 4.27.